The molecule has 0 radical (unpaired) electrons. The molecule has 6 nitrogen and oxygen atoms in total. The van der Waals surface area contributed by atoms with Crippen LogP contribution in [0.25, 0.3) is 0 Å². The van der Waals surface area contributed by atoms with E-state index >= 15 is 0 Å². The fourth-order valence-electron chi connectivity index (χ4n) is 0.691. The van der Waals surface area contributed by atoms with E-state index in [9.17, 15) is 10.1 Å². The molecular formula is C6H7N3O3Se. The molecule has 0 spiro atoms. The Kier molecular flexibility index (Phi) is 3.05. The number of nitrogens with zero attached hydrogens (tertiary/aromatic N) is 1. The molecule has 70 valence electrons. The van der Waals surface area contributed by atoms with Crippen molar-refractivity contribution in [2.75, 3.05) is 0 Å². The minimum absolute atomic E-state index is 0.103. The Morgan fingerprint density at radius 1 is 1.77 bits per heavy atom. The number of nitrogens with one attached hydrogen (secondary N) is 1. The summed E-state index contributed by atoms with van der Waals surface area (Å²) < 4.78 is 4.96. The van der Waals surface area contributed by atoms with E-state index in [2.05, 4.69) is 0 Å². The molecule has 3 N–H and O–H groups in total. The molecule has 1 heterocycles. The van der Waals surface area contributed by atoms with Crippen molar-refractivity contribution in [3.8, 4) is 0 Å². The first-order valence-corrected chi connectivity index (χ1v) is 5.36. The Morgan fingerprint density at radius 3 is 2.92 bits per heavy atom. The molecule has 1 aromatic rings. The van der Waals surface area contributed by atoms with Crippen molar-refractivity contribution in [1.82, 2.24) is 0 Å². The number of hydrogen-bond acceptors (Lipinski definition) is 4. The van der Waals surface area contributed by atoms with Crippen LogP contribution >= 0.6 is 0 Å². The van der Waals surface area contributed by atoms with E-state index in [1.54, 1.807) is 0 Å². The van der Waals surface area contributed by atoms with Gasteiger partial charge in [0.25, 0.3) is 0 Å². The van der Waals surface area contributed by atoms with Gasteiger partial charge in [0, 0.05) is 0 Å². The molecule has 0 fully saturated rings. The molecule has 0 aliphatic carbocycles. The summed E-state index contributed by atoms with van der Waals surface area (Å²) in [6.07, 6.45) is 0. The summed E-state index contributed by atoms with van der Waals surface area (Å²) in [5, 5.41) is 17.6. The van der Waals surface area contributed by atoms with Crippen molar-refractivity contribution < 1.29 is 9.34 Å². The molecule has 0 aliphatic heterocycles. The van der Waals surface area contributed by atoms with E-state index in [4.69, 9.17) is 15.6 Å². The van der Waals surface area contributed by atoms with Crippen LogP contribution in [0.2, 0.25) is 0 Å². The van der Waals surface area contributed by atoms with Gasteiger partial charge in [-0.1, -0.05) is 0 Å². The van der Waals surface area contributed by atoms with Crippen LogP contribution in [0.15, 0.2) is 16.5 Å². The third-order valence-corrected chi connectivity index (χ3v) is 2.75. The van der Waals surface area contributed by atoms with Gasteiger partial charge in [0.05, 0.1) is 0 Å². The second kappa shape index (κ2) is 4.06. The minimum atomic E-state index is -0.593. The van der Waals surface area contributed by atoms with E-state index in [0.29, 0.717) is 11.1 Å². The molecule has 0 amide bonds. The summed E-state index contributed by atoms with van der Waals surface area (Å²) in [5.41, 5.74) is 5.14. The van der Waals surface area contributed by atoms with Crippen molar-refractivity contribution >= 4 is 25.6 Å². The Morgan fingerprint density at radius 2 is 2.46 bits per heavy atom. The van der Waals surface area contributed by atoms with E-state index < -0.39 is 4.92 Å². The van der Waals surface area contributed by atoms with Gasteiger partial charge in [-0.15, -0.1) is 0 Å². The average Bonchev–Trinajstić information content (AvgIpc) is 2.48. The molecule has 0 aromatic carbocycles. The molecule has 1 rings (SSSR count). The Bertz CT molecular complexity index is 336. The quantitative estimate of drug-likeness (QED) is 0.262. The number of nitro groups is 1. The van der Waals surface area contributed by atoms with Crippen molar-refractivity contribution in [3.05, 3.63) is 28.0 Å². The van der Waals surface area contributed by atoms with Crippen LogP contribution in [-0.2, 0) is 5.32 Å². The Labute approximate surface area is 79.9 Å². The fraction of sp³-hybridized carbons (Fsp3) is 0.167. The predicted octanol–water partition coefficient (Wildman–Crippen LogP) is 0.285. The molecule has 0 saturated heterocycles. The van der Waals surface area contributed by atoms with E-state index in [1.807, 2.05) is 0 Å². The molecule has 0 bridgehead atoms. The second-order valence-electron chi connectivity index (χ2n) is 2.15. The standard InChI is InChI=1S/C6H7N3O3Se/c7-6(8)13-3-4-1-2-5(12-4)9(10)11/h1-2H,3H2,(H3,7,8). The molecule has 0 aliphatic rings. The molecule has 0 saturated carbocycles. The molecule has 13 heavy (non-hydrogen) atoms. The Balaban J connectivity index is 2.59. The van der Waals surface area contributed by atoms with Crippen LogP contribution in [0.3, 0.4) is 0 Å². The zero-order valence-electron chi connectivity index (χ0n) is 6.52. The third-order valence-electron chi connectivity index (χ3n) is 1.20. The summed E-state index contributed by atoms with van der Waals surface area (Å²) in [5.74, 6) is 0.233. The van der Waals surface area contributed by atoms with Gasteiger partial charge in [-0.3, -0.25) is 0 Å². The van der Waals surface area contributed by atoms with E-state index in [0.717, 1.165) is 0 Å². The number of nitrogens with two attached hydrogens (primary N) is 1. The van der Waals surface area contributed by atoms with Gasteiger partial charge in [0.2, 0.25) is 0 Å². The summed E-state index contributed by atoms with van der Waals surface area (Å²) in [7, 11) is 0. The predicted molar refractivity (Wildman–Crippen MR) is 46.7 cm³/mol. The number of furan rings is 1. The molecule has 0 atom stereocenters. The maximum atomic E-state index is 10.2. The zero-order chi connectivity index (χ0) is 9.84. The molecule has 0 unspecified atom stereocenters. The van der Waals surface area contributed by atoms with Crippen LogP contribution in [0.1, 0.15) is 5.76 Å². The van der Waals surface area contributed by atoms with Crippen LogP contribution in [0, 0.1) is 15.5 Å². The fourth-order valence-corrected chi connectivity index (χ4v) is 1.64. The zero-order valence-corrected chi connectivity index (χ0v) is 8.23. The van der Waals surface area contributed by atoms with Crippen LogP contribution in [-0.4, -0.2) is 24.6 Å². The SMILES string of the molecule is N=C(N)[Se]Cc1ccc([N+](=O)[O-])o1. The third kappa shape index (κ3) is 2.89. The first kappa shape index (κ1) is 9.76. The van der Waals surface area contributed by atoms with Gasteiger partial charge < -0.3 is 0 Å². The first-order valence-electron chi connectivity index (χ1n) is 3.29. The van der Waals surface area contributed by atoms with Gasteiger partial charge in [0.15, 0.2) is 0 Å². The molecule has 7 heteroatoms. The van der Waals surface area contributed by atoms with Gasteiger partial charge in [-0.2, -0.15) is 0 Å². The van der Waals surface area contributed by atoms with Crippen molar-refractivity contribution in [1.29, 1.82) is 5.41 Å². The van der Waals surface area contributed by atoms with Crippen molar-refractivity contribution in [2.24, 2.45) is 5.73 Å². The van der Waals surface area contributed by atoms with Gasteiger partial charge in [0.1, 0.15) is 0 Å². The monoisotopic (exact) mass is 249 g/mol. The van der Waals surface area contributed by atoms with Crippen LogP contribution in [0.5, 0.6) is 0 Å². The van der Waals surface area contributed by atoms with Crippen molar-refractivity contribution in [3.63, 3.8) is 0 Å². The second-order valence-corrected chi connectivity index (χ2v) is 4.28. The summed E-state index contributed by atoms with van der Waals surface area (Å²) in [6, 6.07) is 2.83. The van der Waals surface area contributed by atoms with Gasteiger partial charge in [-0.25, -0.2) is 0 Å². The Hall–Kier alpha value is -1.33. The van der Waals surface area contributed by atoms with Gasteiger partial charge >= 0.3 is 79.4 Å². The maximum absolute atomic E-state index is 10.2. The normalized spacial score (nSPS) is 9.85. The number of amidine groups is 1. The molecular weight excluding hydrogens is 241 g/mol. The van der Waals surface area contributed by atoms with E-state index in [1.165, 1.54) is 12.1 Å². The molecule has 1 aromatic heterocycles. The summed E-state index contributed by atoms with van der Waals surface area (Å²) >= 11 is -0.175. The van der Waals surface area contributed by atoms with Gasteiger partial charge in [-0.05, 0) is 0 Å². The topological polar surface area (TPSA) is 106 Å². The summed E-state index contributed by atoms with van der Waals surface area (Å²) in [4.78, 5) is 9.61. The first-order chi connectivity index (χ1) is 6.09. The average molecular weight is 248 g/mol. The number of rotatable bonds is 4. The van der Waals surface area contributed by atoms with Crippen molar-refractivity contribution in [2.45, 2.75) is 5.32 Å². The van der Waals surface area contributed by atoms with E-state index in [-0.39, 0.29) is 25.6 Å². The van der Waals surface area contributed by atoms with Crippen LogP contribution in [0.4, 0.5) is 5.88 Å². The van der Waals surface area contributed by atoms with Crippen LogP contribution < -0.4 is 5.73 Å². The number of hydrogen-bond donors (Lipinski definition) is 2. The summed E-state index contributed by atoms with van der Waals surface area (Å²) in [6.45, 7) is 0.